The number of nitrogens with one attached hydrogen (secondary N) is 2. The summed E-state index contributed by atoms with van der Waals surface area (Å²) in [6.45, 7) is 6.39. The molecule has 0 spiro atoms. The highest BCUT2D eigenvalue weighted by molar-refractivity contribution is 9.10. The van der Waals surface area contributed by atoms with Crippen LogP contribution in [0.3, 0.4) is 0 Å². The molecule has 1 aromatic rings. The first kappa shape index (κ1) is 14.0. The highest BCUT2D eigenvalue weighted by Gasteiger charge is 2.05. The van der Waals surface area contributed by atoms with Crippen LogP contribution in [0.1, 0.15) is 25.8 Å². The van der Waals surface area contributed by atoms with E-state index < -0.39 is 0 Å². The quantitative estimate of drug-likeness (QED) is 0.877. The third-order valence-corrected chi connectivity index (χ3v) is 3.50. The van der Waals surface area contributed by atoms with E-state index in [1.807, 2.05) is 32.0 Å². The van der Waals surface area contributed by atoms with Crippen molar-refractivity contribution in [3.63, 3.8) is 0 Å². The van der Waals surface area contributed by atoms with Gasteiger partial charge in [0.05, 0.1) is 6.54 Å². The molecule has 0 fully saturated rings. The Kier molecular flexibility index (Phi) is 5.48. The van der Waals surface area contributed by atoms with E-state index in [0.717, 1.165) is 16.6 Å². The monoisotopic (exact) mass is 298 g/mol. The Hall–Kier alpha value is -1.03. The molecule has 0 aliphatic heterocycles. The zero-order chi connectivity index (χ0) is 12.8. The molecule has 2 N–H and O–H groups in total. The molecule has 94 valence electrons. The molecule has 1 unspecified atom stereocenters. The van der Waals surface area contributed by atoms with Crippen molar-refractivity contribution in [3.05, 3.63) is 28.2 Å². The van der Waals surface area contributed by atoms with Crippen molar-refractivity contribution < 1.29 is 4.79 Å². The van der Waals surface area contributed by atoms with Gasteiger partial charge in [0.15, 0.2) is 0 Å². The molecule has 0 bridgehead atoms. The fraction of sp³-hybridized carbons (Fsp3) is 0.462. The second-order valence-corrected chi connectivity index (χ2v) is 5.05. The summed E-state index contributed by atoms with van der Waals surface area (Å²) >= 11 is 3.46. The predicted octanol–water partition coefficient (Wildman–Crippen LogP) is 3.08. The van der Waals surface area contributed by atoms with Gasteiger partial charge >= 0.3 is 0 Å². The topological polar surface area (TPSA) is 41.1 Å². The van der Waals surface area contributed by atoms with Gasteiger partial charge in [-0.3, -0.25) is 4.79 Å². The Morgan fingerprint density at radius 2 is 2.18 bits per heavy atom. The number of carbonyl (C=O) groups excluding carboxylic acids is 1. The molecule has 3 nitrogen and oxygen atoms in total. The Morgan fingerprint density at radius 1 is 1.47 bits per heavy atom. The zero-order valence-electron chi connectivity index (χ0n) is 10.5. The van der Waals surface area contributed by atoms with Crippen LogP contribution >= 0.6 is 15.9 Å². The van der Waals surface area contributed by atoms with E-state index in [9.17, 15) is 4.79 Å². The molecule has 0 saturated carbocycles. The molecule has 1 atom stereocenters. The molecule has 1 amide bonds. The normalized spacial score (nSPS) is 12.0. The maximum Gasteiger partial charge on any atom is 0.239 e. The Balaban J connectivity index is 2.45. The van der Waals surface area contributed by atoms with Crippen molar-refractivity contribution in [1.29, 1.82) is 0 Å². The van der Waals surface area contributed by atoms with E-state index in [4.69, 9.17) is 0 Å². The lowest BCUT2D eigenvalue weighted by Crippen LogP contribution is -2.36. The number of amides is 1. The van der Waals surface area contributed by atoms with Crippen molar-refractivity contribution >= 4 is 27.5 Å². The number of anilines is 1. The van der Waals surface area contributed by atoms with Gasteiger partial charge in [-0.15, -0.1) is 0 Å². The van der Waals surface area contributed by atoms with Gasteiger partial charge in [-0.2, -0.15) is 0 Å². The lowest BCUT2D eigenvalue weighted by Gasteiger charge is -2.12. The molecular weight excluding hydrogens is 280 g/mol. The van der Waals surface area contributed by atoms with Gasteiger partial charge in [0.1, 0.15) is 0 Å². The van der Waals surface area contributed by atoms with Crippen molar-refractivity contribution in [2.24, 2.45) is 0 Å². The fourth-order valence-corrected chi connectivity index (χ4v) is 1.69. The van der Waals surface area contributed by atoms with Gasteiger partial charge in [0, 0.05) is 16.2 Å². The molecular formula is C13H19BrN2O. The van der Waals surface area contributed by atoms with Crippen LogP contribution in [0.15, 0.2) is 22.7 Å². The van der Waals surface area contributed by atoms with Gasteiger partial charge in [0.25, 0.3) is 0 Å². The minimum atomic E-state index is 0.0241. The predicted molar refractivity (Wildman–Crippen MR) is 75.3 cm³/mol. The standard InChI is InChI=1S/C13H19BrN2O/c1-4-10(3)16-13(17)8-15-11-6-5-9(2)12(14)7-11/h5-7,10,15H,4,8H2,1-3H3,(H,16,17). The van der Waals surface area contributed by atoms with Crippen LogP contribution in [-0.2, 0) is 4.79 Å². The smallest absolute Gasteiger partial charge is 0.239 e. The van der Waals surface area contributed by atoms with Crippen LogP contribution in [0, 0.1) is 6.92 Å². The van der Waals surface area contributed by atoms with Gasteiger partial charge in [0.2, 0.25) is 5.91 Å². The average molecular weight is 299 g/mol. The minimum Gasteiger partial charge on any atom is -0.376 e. The molecule has 0 heterocycles. The van der Waals surface area contributed by atoms with Gasteiger partial charge in [-0.05, 0) is 38.0 Å². The largest absolute Gasteiger partial charge is 0.376 e. The number of hydrogen-bond acceptors (Lipinski definition) is 2. The van der Waals surface area contributed by atoms with Gasteiger partial charge < -0.3 is 10.6 Å². The maximum atomic E-state index is 11.6. The molecule has 4 heteroatoms. The summed E-state index contributed by atoms with van der Waals surface area (Å²) in [6, 6.07) is 6.19. The lowest BCUT2D eigenvalue weighted by molar-refractivity contribution is -0.120. The lowest BCUT2D eigenvalue weighted by atomic mass is 10.2. The number of halogens is 1. The molecule has 0 aliphatic rings. The van der Waals surface area contributed by atoms with E-state index in [1.54, 1.807) is 0 Å². The second-order valence-electron chi connectivity index (χ2n) is 4.19. The number of rotatable bonds is 5. The Morgan fingerprint density at radius 3 is 2.76 bits per heavy atom. The molecule has 17 heavy (non-hydrogen) atoms. The Bertz CT molecular complexity index is 393. The van der Waals surface area contributed by atoms with Crippen LogP contribution in [0.2, 0.25) is 0 Å². The molecule has 1 rings (SSSR count). The number of hydrogen-bond donors (Lipinski definition) is 2. The third kappa shape index (κ3) is 4.77. The maximum absolute atomic E-state index is 11.6. The minimum absolute atomic E-state index is 0.0241. The van der Waals surface area contributed by atoms with Crippen LogP contribution in [0.5, 0.6) is 0 Å². The van der Waals surface area contributed by atoms with E-state index >= 15 is 0 Å². The van der Waals surface area contributed by atoms with Crippen LogP contribution in [0.25, 0.3) is 0 Å². The first-order chi connectivity index (χ1) is 8.02. The van der Waals surface area contributed by atoms with Gasteiger partial charge in [-0.25, -0.2) is 0 Å². The van der Waals surface area contributed by atoms with E-state index in [2.05, 4.69) is 33.5 Å². The summed E-state index contributed by atoms with van der Waals surface area (Å²) in [4.78, 5) is 11.6. The molecule has 1 aromatic carbocycles. The summed E-state index contributed by atoms with van der Waals surface area (Å²) < 4.78 is 1.05. The molecule has 0 saturated heterocycles. The first-order valence-electron chi connectivity index (χ1n) is 5.82. The molecule has 0 radical (unpaired) electrons. The average Bonchev–Trinajstić information content (AvgIpc) is 2.30. The van der Waals surface area contributed by atoms with Gasteiger partial charge in [-0.1, -0.05) is 28.9 Å². The van der Waals surface area contributed by atoms with E-state index in [-0.39, 0.29) is 11.9 Å². The zero-order valence-corrected chi connectivity index (χ0v) is 12.1. The van der Waals surface area contributed by atoms with Crippen molar-refractivity contribution in [2.75, 3.05) is 11.9 Å². The first-order valence-corrected chi connectivity index (χ1v) is 6.61. The summed E-state index contributed by atoms with van der Waals surface area (Å²) in [5.74, 6) is 0.0241. The van der Waals surface area contributed by atoms with E-state index in [1.165, 1.54) is 5.56 Å². The van der Waals surface area contributed by atoms with Crippen molar-refractivity contribution in [1.82, 2.24) is 5.32 Å². The highest BCUT2D eigenvalue weighted by Crippen LogP contribution is 2.20. The van der Waals surface area contributed by atoms with Crippen molar-refractivity contribution in [3.8, 4) is 0 Å². The van der Waals surface area contributed by atoms with E-state index in [0.29, 0.717) is 6.54 Å². The summed E-state index contributed by atoms with van der Waals surface area (Å²) in [5, 5.41) is 6.01. The number of benzene rings is 1. The van der Waals surface area contributed by atoms with Crippen LogP contribution in [0.4, 0.5) is 5.69 Å². The second kappa shape index (κ2) is 6.64. The summed E-state index contributed by atoms with van der Waals surface area (Å²) in [5.41, 5.74) is 2.13. The molecule has 0 aromatic heterocycles. The third-order valence-electron chi connectivity index (χ3n) is 2.64. The number of carbonyl (C=O) groups is 1. The number of aryl methyl sites for hydroxylation is 1. The molecule has 0 aliphatic carbocycles. The summed E-state index contributed by atoms with van der Waals surface area (Å²) in [7, 11) is 0. The SMILES string of the molecule is CCC(C)NC(=O)CNc1ccc(C)c(Br)c1. The van der Waals surface area contributed by atoms with Crippen LogP contribution < -0.4 is 10.6 Å². The summed E-state index contributed by atoms with van der Waals surface area (Å²) in [6.07, 6.45) is 0.946. The highest BCUT2D eigenvalue weighted by atomic mass is 79.9. The fourth-order valence-electron chi connectivity index (χ4n) is 1.31. The Labute approximate surface area is 111 Å². The van der Waals surface area contributed by atoms with Crippen LogP contribution in [-0.4, -0.2) is 18.5 Å². The van der Waals surface area contributed by atoms with Crippen molar-refractivity contribution in [2.45, 2.75) is 33.2 Å².